The minimum atomic E-state index is -0.949. The summed E-state index contributed by atoms with van der Waals surface area (Å²) in [6, 6.07) is 14.5. The van der Waals surface area contributed by atoms with Gasteiger partial charge in [-0.2, -0.15) is 5.10 Å². The van der Waals surface area contributed by atoms with Gasteiger partial charge in [-0.05, 0) is 68.1 Å². The van der Waals surface area contributed by atoms with Crippen LogP contribution in [0.4, 0.5) is 4.39 Å². The lowest BCUT2D eigenvalue weighted by atomic mass is 9.96. The minimum absolute atomic E-state index is 0.100. The van der Waals surface area contributed by atoms with Gasteiger partial charge in [-0.25, -0.2) is 4.39 Å². The summed E-state index contributed by atoms with van der Waals surface area (Å²) < 4.78 is 27.3. The van der Waals surface area contributed by atoms with Crippen LogP contribution in [-0.2, 0) is 13.1 Å². The summed E-state index contributed by atoms with van der Waals surface area (Å²) in [6.45, 7) is 6.07. The van der Waals surface area contributed by atoms with Crippen molar-refractivity contribution in [2.75, 3.05) is 26.3 Å². The number of nitrogens with zero attached hydrogens (tertiary/aromatic N) is 3. The number of aryl methyl sites for hydroxylation is 2. The van der Waals surface area contributed by atoms with Crippen molar-refractivity contribution >= 4 is 0 Å². The van der Waals surface area contributed by atoms with Crippen LogP contribution < -0.4 is 9.47 Å². The first-order valence-electron chi connectivity index (χ1n) is 12.0. The molecule has 1 N–H and O–H groups in total. The summed E-state index contributed by atoms with van der Waals surface area (Å²) in [5, 5.41) is 15.3. The van der Waals surface area contributed by atoms with Crippen LogP contribution >= 0.6 is 0 Å². The van der Waals surface area contributed by atoms with Crippen LogP contribution in [-0.4, -0.2) is 51.7 Å². The second-order valence-corrected chi connectivity index (χ2v) is 9.20. The summed E-state index contributed by atoms with van der Waals surface area (Å²) >= 11 is 0. The van der Waals surface area contributed by atoms with Crippen molar-refractivity contribution in [2.24, 2.45) is 0 Å². The van der Waals surface area contributed by atoms with Gasteiger partial charge in [0.1, 0.15) is 12.4 Å². The molecule has 34 heavy (non-hydrogen) atoms. The molecule has 3 aromatic rings. The molecule has 2 aromatic carbocycles. The third-order valence-electron chi connectivity index (χ3n) is 6.21. The quantitative estimate of drug-likeness (QED) is 0.442. The molecule has 1 fully saturated rings. The predicted octanol–water partition coefficient (Wildman–Crippen LogP) is 4.60. The van der Waals surface area contributed by atoms with E-state index in [1.54, 1.807) is 18.2 Å². The summed E-state index contributed by atoms with van der Waals surface area (Å²) in [4.78, 5) is 2.35. The lowest BCUT2D eigenvalue weighted by Crippen LogP contribution is -2.37. The molecule has 182 valence electrons. The number of aromatic nitrogens is 2. The van der Waals surface area contributed by atoms with Crippen molar-refractivity contribution in [3.8, 4) is 11.5 Å². The highest BCUT2D eigenvalue weighted by Gasteiger charge is 2.31. The summed E-state index contributed by atoms with van der Waals surface area (Å²) in [6.07, 6.45) is 6.88. The van der Waals surface area contributed by atoms with E-state index in [4.69, 9.17) is 9.47 Å². The molecule has 1 saturated heterocycles. The minimum Gasteiger partial charge on any atom is -0.494 e. The molecule has 0 amide bonds. The molecule has 1 aromatic heterocycles. The number of aliphatic hydroxyl groups is 1. The first-order valence-corrected chi connectivity index (χ1v) is 12.0. The van der Waals surface area contributed by atoms with Crippen molar-refractivity contribution < 1.29 is 19.0 Å². The van der Waals surface area contributed by atoms with Crippen molar-refractivity contribution in [1.82, 2.24) is 14.7 Å². The van der Waals surface area contributed by atoms with E-state index >= 15 is 0 Å². The average molecular weight is 468 g/mol. The highest BCUT2D eigenvalue weighted by Crippen LogP contribution is 2.26. The Kier molecular flexibility index (Phi) is 8.19. The Labute approximate surface area is 200 Å². The Morgan fingerprint density at radius 2 is 1.97 bits per heavy atom. The van der Waals surface area contributed by atoms with Crippen molar-refractivity contribution in [2.45, 2.75) is 51.3 Å². The van der Waals surface area contributed by atoms with Crippen LogP contribution in [0.15, 0.2) is 60.9 Å². The fourth-order valence-electron chi connectivity index (χ4n) is 4.31. The van der Waals surface area contributed by atoms with Crippen molar-refractivity contribution in [1.29, 1.82) is 0 Å². The molecule has 0 spiro atoms. The summed E-state index contributed by atoms with van der Waals surface area (Å²) in [5.74, 6) is 0.660. The molecule has 1 atom stereocenters. The van der Waals surface area contributed by atoms with Crippen LogP contribution in [0.1, 0.15) is 36.8 Å². The lowest BCUT2D eigenvalue weighted by Gasteiger charge is -2.27. The smallest absolute Gasteiger partial charge is 0.165 e. The summed E-state index contributed by atoms with van der Waals surface area (Å²) in [5.41, 5.74) is 1.40. The Hall–Kier alpha value is -2.90. The number of para-hydroxylation sites is 1. The number of halogens is 1. The molecule has 0 unspecified atom stereocenters. The summed E-state index contributed by atoms with van der Waals surface area (Å²) in [7, 11) is 0. The van der Waals surface area contributed by atoms with Crippen LogP contribution in [0, 0.1) is 12.7 Å². The van der Waals surface area contributed by atoms with Gasteiger partial charge in [0.25, 0.3) is 0 Å². The zero-order valence-electron chi connectivity index (χ0n) is 19.8. The number of likely N-dealkylation sites (tertiary alicyclic amines) is 1. The number of rotatable bonds is 10. The molecule has 7 heteroatoms. The lowest BCUT2D eigenvalue weighted by molar-refractivity contribution is -0.0177. The molecule has 2 heterocycles. The molecule has 4 rings (SSSR count). The number of hydrogen-bond donors (Lipinski definition) is 1. The van der Waals surface area contributed by atoms with Crippen molar-refractivity contribution in [3.63, 3.8) is 0 Å². The Balaban J connectivity index is 1.23. The van der Waals surface area contributed by atoms with E-state index in [0.29, 0.717) is 19.4 Å². The van der Waals surface area contributed by atoms with Gasteiger partial charge in [0.15, 0.2) is 11.6 Å². The fraction of sp³-hybridized carbons (Fsp3) is 0.444. The first-order chi connectivity index (χ1) is 16.5. The number of benzene rings is 2. The monoisotopic (exact) mass is 467 g/mol. The first kappa shape index (κ1) is 24.2. The Bertz CT molecular complexity index is 1060. The second kappa shape index (κ2) is 11.5. The molecule has 0 saturated carbocycles. The van der Waals surface area contributed by atoms with Gasteiger partial charge in [0.05, 0.1) is 18.4 Å². The van der Waals surface area contributed by atoms with Gasteiger partial charge in [-0.15, -0.1) is 0 Å². The SMILES string of the molecule is Cc1cnn(CCCOc2cccc(CN3CCC[C@](O)(COc4ccccc4F)CC3)c2)c1. The van der Waals surface area contributed by atoms with Crippen LogP contribution in [0.2, 0.25) is 0 Å². The zero-order chi connectivity index (χ0) is 23.8. The maximum absolute atomic E-state index is 13.8. The van der Waals surface area contributed by atoms with Gasteiger partial charge < -0.3 is 14.6 Å². The van der Waals surface area contributed by atoms with E-state index < -0.39 is 11.4 Å². The fourth-order valence-corrected chi connectivity index (χ4v) is 4.31. The Morgan fingerprint density at radius 3 is 2.79 bits per heavy atom. The third-order valence-corrected chi connectivity index (χ3v) is 6.21. The average Bonchev–Trinajstić information content (AvgIpc) is 3.16. The van der Waals surface area contributed by atoms with E-state index in [1.165, 1.54) is 11.6 Å². The highest BCUT2D eigenvalue weighted by molar-refractivity contribution is 5.28. The van der Waals surface area contributed by atoms with Gasteiger partial charge >= 0.3 is 0 Å². The standard InChI is InChI=1S/C27H34FN3O3/c1-22-18-29-31(19-22)14-6-16-33-24-8-4-7-23(17-24)20-30-13-5-11-27(32,12-15-30)21-34-26-10-3-2-9-25(26)28/h2-4,7-10,17-19,32H,5-6,11-16,20-21H2,1H3/t27-/m1/s1. The molecule has 1 aliphatic rings. The van der Waals surface area contributed by atoms with Gasteiger partial charge in [0.2, 0.25) is 0 Å². The zero-order valence-corrected chi connectivity index (χ0v) is 19.8. The van der Waals surface area contributed by atoms with Gasteiger partial charge in [-0.3, -0.25) is 9.58 Å². The van der Waals surface area contributed by atoms with E-state index in [2.05, 4.69) is 22.1 Å². The molecular weight excluding hydrogens is 433 g/mol. The molecule has 0 bridgehead atoms. The van der Waals surface area contributed by atoms with Crippen molar-refractivity contribution in [3.05, 3.63) is 77.9 Å². The number of hydrogen-bond acceptors (Lipinski definition) is 5. The van der Waals surface area contributed by atoms with Crippen LogP contribution in [0.5, 0.6) is 11.5 Å². The second-order valence-electron chi connectivity index (χ2n) is 9.20. The maximum atomic E-state index is 13.8. The highest BCUT2D eigenvalue weighted by atomic mass is 19.1. The van der Waals surface area contributed by atoms with E-state index in [1.807, 2.05) is 36.1 Å². The van der Waals surface area contributed by atoms with Gasteiger partial charge in [0, 0.05) is 32.3 Å². The van der Waals surface area contributed by atoms with E-state index in [-0.39, 0.29) is 12.4 Å². The molecule has 0 radical (unpaired) electrons. The van der Waals surface area contributed by atoms with Gasteiger partial charge in [-0.1, -0.05) is 24.3 Å². The van der Waals surface area contributed by atoms with Crippen LogP contribution in [0.3, 0.4) is 0 Å². The molecular formula is C27H34FN3O3. The topological polar surface area (TPSA) is 59.8 Å². The van der Waals surface area contributed by atoms with E-state index in [0.717, 1.165) is 50.3 Å². The normalized spacial score (nSPS) is 19.0. The Morgan fingerprint density at radius 1 is 1.09 bits per heavy atom. The predicted molar refractivity (Wildman–Crippen MR) is 129 cm³/mol. The molecule has 0 aliphatic carbocycles. The molecule has 1 aliphatic heterocycles. The van der Waals surface area contributed by atoms with Crippen LogP contribution in [0.25, 0.3) is 0 Å². The third kappa shape index (κ3) is 7.05. The molecule has 6 nitrogen and oxygen atoms in total. The largest absolute Gasteiger partial charge is 0.494 e. The maximum Gasteiger partial charge on any atom is 0.165 e. The number of ether oxygens (including phenoxy) is 2. The van der Waals surface area contributed by atoms with E-state index in [9.17, 15) is 9.50 Å².